The molecule has 0 aromatic heterocycles. The third kappa shape index (κ3) is 4.27. The number of ether oxygens (including phenoxy) is 1. The highest BCUT2D eigenvalue weighted by molar-refractivity contribution is 5.54. The normalized spacial score (nSPS) is 10.8. The third-order valence-corrected chi connectivity index (χ3v) is 2.98. The Morgan fingerprint density at radius 3 is 2.59 bits per heavy atom. The highest BCUT2D eigenvalue weighted by Crippen LogP contribution is 2.22. The molecule has 0 spiro atoms. The molecule has 1 aromatic carbocycles. The molecule has 0 radical (unpaired) electrons. The zero-order valence-corrected chi connectivity index (χ0v) is 11.2. The molecule has 0 aliphatic carbocycles. The van der Waals surface area contributed by atoms with Gasteiger partial charge in [-0.3, -0.25) is 4.90 Å². The lowest BCUT2D eigenvalue weighted by Gasteiger charge is -2.20. The van der Waals surface area contributed by atoms with Crippen LogP contribution in [0.3, 0.4) is 0 Å². The lowest BCUT2D eigenvalue weighted by molar-refractivity contribution is 0.275. The van der Waals surface area contributed by atoms with Crippen LogP contribution in [0.4, 0.5) is 5.69 Å². The summed E-state index contributed by atoms with van der Waals surface area (Å²) in [5, 5.41) is 0. The Hall–Kier alpha value is -1.22. The minimum absolute atomic E-state index is 0.719. The molecule has 17 heavy (non-hydrogen) atoms. The van der Waals surface area contributed by atoms with Gasteiger partial charge < -0.3 is 10.5 Å². The van der Waals surface area contributed by atoms with Crippen LogP contribution in [0, 0.1) is 0 Å². The van der Waals surface area contributed by atoms with Crippen LogP contribution >= 0.6 is 0 Å². The number of rotatable bonds is 7. The number of nitrogen functional groups attached to an aromatic ring is 1. The van der Waals surface area contributed by atoms with Crippen molar-refractivity contribution in [1.29, 1.82) is 0 Å². The van der Waals surface area contributed by atoms with Crippen LogP contribution in [0.1, 0.15) is 32.3 Å². The first-order valence-electron chi connectivity index (χ1n) is 6.36. The Balaban J connectivity index is 2.63. The van der Waals surface area contributed by atoms with Crippen molar-refractivity contribution < 1.29 is 4.74 Å². The summed E-state index contributed by atoms with van der Waals surface area (Å²) < 4.78 is 5.16. The second kappa shape index (κ2) is 7.17. The summed E-state index contributed by atoms with van der Waals surface area (Å²) in [6, 6.07) is 6.04. The monoisotopic (exact) mass is 236 g/mol. The Kier molecular flexibility index (Phi) is 5.84. The van der Waals surface area contributed by atoms with Gasteiger partial charge in [0.2, 0.25) is 0 Å². The van der Waals surface area contributed by atoms with E-state index in [1.54, 1.807) is 7.11 Å². The van der Waals surface area contributed by atoms with Gasteiger partial charge in [0.05, 0.1) is 12.8 Å². The maximum atomic E-state index is 5.91. The maximum absolute atomic E-state index is 5.91. The van der Waals surface area contributed by atoms with Crippen LogP contribution < -0.4 is 10.5 Å². The number of unbranched alkanes of at least 4 members (excludes halogenated alkanes) is 1. The van der Waals surface area contributed by atoms with E-state index < -0.39 is 0 Å². The molecule has 3 nitrogen and oxygen atoms in total. The molecular formula is C14H24N2O. The Labute approximate surface area is 105 Å². The van der Waals surface area contributed by atoms with E-state index in [-0.39, 0.29) is 0 Å². The van der Waals surface area contributed by atoms with E-state index in [2.05, 4.69) is 24.8 Å². The van der Waals surface area contributed by atoms with Gasteiger partial charge in [-0.15, -0.1) is 0 Å². The number of nitrogens with zero attached hydrogens (tertiary/aromatic N) is 1. The number of nitrogens with two attached hydrogens (primary N) is 1. The summed E-state index contributed by atoms with van der Waals surface area (Å²) in [5.74, 6) is 0.755. The average molecular weight is 236 g/mol. The minimum atomic E-state index is 0.719. The molecule has 1 rings (SSSR count). The largest absolute Gasteiger partial charge is 0.495 e. The van der Waals surface area contributed by atoms with Crippen LogP contribution in [0.2, 0.25) is 0 Å². The Bertz CT molecular complexity index is 339. The predicted molar refractivity (Wildman–Crippen MR) is 73.3 cm³/mol. The Morgan fingerprint density at radius 2 is 2.06 bits per heavy atom. The van der Waals surface area contributed by atoms with E-state index >= 15 is 0 Å². The molecule has 0 saturated carbocycles. The predicted octanol–water partition coefficient (Wildman–Crippen LogP) is 2.90. The van der Waals surface area contributed by atoms with Gasteiger partial charge in [-0.25, -0.2) is 0 Å². The van der Waals surface area contributed by atoms with Gasteiger partial charge in [0, 0.05) is 6.54 Å². The van der Waals surface area contributed by atoms with E-state index in [0.29, 0.717) is 0 Å². The molecule has 0 heterocycles. The topological polar surface area (TPSA) is 38.5 Å². The quantitative estimate of drug-likeness (QED) is 0.740. The SMILES string of the molecule is CCCCN(CC)Cc1ccc(OC)c(N)c1. The van der Waals surface area contributed by atoms with Crippen molar-refractivity contribution in [3.05, 3.63) is 23.8 Å². The fourth-order valence-corrected chi connectivity index (χ4v) is 1.87. The van der Waals surface area contributed by atoms with Crippen molar-refractivity contribution in [1.82, 2.24) is 4.90 Å². The molecule has 0 saturated heterocycles. The fraction of sp³-hybridized carbons (Fsp3) is 0.571. The van der Waals surface area contributed by atoms with Gasteiger partial charge in [-0.2, -0.15) is 0 Å². The number of anilines is 1. The van der Waals surface area contributed by atoms with E-state index in [9.17, 15) is 0 Å². The molecule has 96 valence electrons. The van der Waals surface area contributed by atoms with E-state index in [4.69, 9.17) is 10.5 Å². The molecule has 0 fully saturated rings. The summed E-state index contributed by atoms with van der Waals surface area (Å²) in [6.07, 6.45) is 2.49. The van der Waals surface area contributed by atoms with E-state index in [0.717, 1.165) is 31.1 Å². The van der Waals surface area contributed by atoms with Gasteiger partial charge in [0.25, 0.3) is 0 Å². The van der Waals surface area contributed by atoms with Gasteiger partial charge in [0.1, 0.15) is 5.75 Å². The van der Waals surface area contributed by atoms with Crippen LogP contribution in [0.25, 0.3) is 0 Å². The highest BCUT2D eigenvalue weighted by atomic mass is 16.5. The van der Waals surface area contributed by atoms with Crippen LogP contribution in [-0.2, 0) is 6.54 Å². The van der Waals surface area contributed by atoms with E-state index in [1.165, 1.54) is 18.4 Å². The first kappa shape index (κ1) is 13.8. The molecule has 1 aromatic rings. The standard InChI is InChI=1S/C14H24N2O/c1-4-6-9-16(5-2)11-12-7-8-14(17-3)13(15)10-12/h7-8,10H,4-6,9,11,15H2,1-3H3. The second-order valence-electron chi connectivity index (χ2n) is 4.30. The number of methoxy groups -OCH3 is 1. The minimum Gasteiger partial charge on any atom is -0.495 e. The summed E-state index contributed by atoms with van der Waals surface area (Å²) in [6.45, 7) is 7.61. The molecular weight excluding hydrogens is 212 g/mol. The van der Waals surface area contributed by atoms with Crippen LogP contribution in [-0.4, -0.2) is 25.1 Å². The first-order chi connectivity index (χ1) is 8.21. The zero-order valence-electron chi connectivity index (χ0n) is 11.2. The molecule has 0 aliphatic heterocycles. The number of hydrogen-bond acceptors (Lipinski definition) is 3. The van der Waals surface area contributed by atoms with Gasteiger partial charge in [0.15, 0.2) is 0 Å². The van der Waals surface area contributed by atoms with Crippen molar-refractivity contribution in [3.8, 4) is 5.75 Å². The fourth-order valence-electron chi connectivity index (χ4n) is 1.87. The van der Waals surface area contributed by atoms with Gasteiger partial charge in [-0.1, -0.05) is 26.3 Å². The van der Waals surface area contributed by atoms with E-state index in [1.807, 2.05) is 12.1 Å². The maximum Gasteiger partial charge on any atom is 0.141 e. The smallest absolute Gasteiger partial charge is 0.141 e. The third-order valence-electron chi connectivity index (χ3n) is 2.98. The summed E-state index contributed by atoms with van der Waals surface area (Å²) in [4.78, 5) is 2.44. The molecule has 0 atom stereocenters. The number of hydrogen-bond donors (Lipinski definition) is 1. The molecule has 2 N–H and O–H groups in total. The highest BCUT2D eigenvalue weighted by Gasteiger charge is 2.05. The Morgan fingerprint density at radius 1 is 1.29 bits per heavy atom. The molecule has 3 heteroatoms. The number of benzene rings is 1. The summed E-state index contributed by atoms with van der Waals surface area (Å²) >= 11 is 0. The van der Waals surface area contributed by atoms with Crippen molar-refractivity contribution >= 4 is 5.69 Å². The lowest BCUT2D eigenvalue weighted by atomic mass is 10.1. The molecule has 0 bridgehead atoms. The molecule has 0 amide bonds. The zero-order chi connectivity index (χ0) is 12.7. The van der Waals surface area contributed by atoms with Crippen molar-refractivity contribution in [3.63, 3.8) is 0 Å². The van der Waals surface area contributed by atoms with Crippen molar-refractivity contribution in [2.24, 2.45) is 0 Å². The summed E-state index contributed by atoms with van der Waals surface area (Å²) in [7, 11) is 1.64. The first-order valence-corrected chi connectivity index (χ1v) is 6.36. The van der Waals surface area contributed by atoms with Crippen molar-refractivity contribution in [2.45, 2.75) is 33.2 Å². The van der Waals surface area contributed by atoms with Crippen LogP contribution in [0.15, 0.2) is 18.2 Å². The summed E-state index contributed by atoms with van der Waals surface area (Å²) in [5.41, 5.74) is 7.88. The lowest BCUT2D eigenvalue weighted by Crippen LogP contribution is -2.23. The molecule has 0 unspecified atom stereocenters. The van der Waals surface area contributed by atoms with Crippen molar-refractivity contribution in [2.75, 3.05) is 25.9 Å². The second-order valence-corrected chi connectivity index (χ2v) is 4.30. The van der Waals surface area contributed by atoms with Crippen LogP contribution in [0.5, 0.6) is 5.75 Å². The average Bonchev–Trinajstić information content (AvgIpc) is 2.34. The van der Waals surface area contributed by atoms with Gasteiger partial charge in [-0.05, 0) is 37.2 Å². The molecule has 0 aliphatic rings. The van der Waals surface area contributed by atoms with Gasteiger partial charge >= 0.3 is 0 Å².